The maximum absolute atomic E-state index is 13.0. The highest BCUT2D eigenvalue weighted by Crippen LogP contribution is 2.17. The molecule has 0 saturated carbocycles. The van der Waals surface area contributed by atoms with Crippen LogP contribution in [0.4, 0.5) is 0 Å². The van der Waals surface area contributed by atoms with E-state index in [-0.39, 0.29) is 11.8 Å². The van der Waals surface area contributed by atoms with Crippen molar-refractivity contribution in [2.24, 2.45) is 0 Å². The Kier molecular flexibility index (Phi) is 8.53. The Morgan fingerprint density at radius 3 is 2.46 bits per heavy atom. The zero-order valence-corrected chi connectivity index (χ0v) is 17.0. The van der Waals surface area contributed by atoms with Gasteiger partial charge in [-0.3, -0.25) is 9.59 Å². The molecule has 0 fully saturated rings. The predicted octanol–water partition coefficient (Wildman–Crippen LogP) is 3.57. The Bertz CT molecular complexity index is 761. The SMILES string of the molecule is CCCNC(=O)C(C)N(Cc1cccc(OC)c1)C(=O)CCc1ccccc1. The molecule has 0 saturated heterocycles. The largest absolute Gasteiger partial charge is 0.497 e. The molecule has 150 valence electrons. The molecule has 2 rings (SSSR count). The zero-order valence-electron chi connectivity index (χ0n) is 17.0. The number of methoxy groups -OCH3 is 1. The number of rotatable bonds is 10. The van der Waals surface area contributed by atoms with Gasteiger partial charge < -0.3 is 15.0 Å². The second-order valence-electron chi connectivity index (χ2n) is 6.83. The number of carbonyl (C=O) groups is 2. The van der Waals surface area contributed by atoms with Gasteiger partial charge in [-0.25, -0.2) is 0 Å². The van der Waals surface area contributed by atoms with Crippen LogP contribution in [0.2, 0.25) is 0 Å². The van der Waals surface area contributed by atoms with Crippen LogP contribution in [-0.2, 0) is 22.6 Å². The van der Waals surface area contributed by atoms with E-state index in [1.54, 1.807) is 18.9 Å². The number of ether oxygens (including phenoxy) is 1. The fourth-order valence-corrected chi connectivity index (χ4v) is 2.99. The number of nitrogens with one attached hydrogen (secondary N) is 1. The third-order valence-corrected chi connectivity index (χ3v) is 4.67. The first-order valence-electron chi connectivity index (χ1n) is 9.79. The molecule has 5 nitrogen and oxygen atoms in total. The number of hydrogen-bond donors (Lipinski definition) is 1. The lowest BCUT2D eigenvalue weighted by Crippen LogP contribution is -2.47. The number of amides is 2. The number of carbonyl (C=O) groups excluding carboxylic acids is 2. The van der Waals surface area contributed by atoms with Crippen LogP contribution in [-0.4, -0.2) is 36.4 Å². The van der Waals surface area contributed by atoms with E-state index in [0.29, 0.717) is 25.9 Å². The van der Waals surface area contributed by atoms with Gasteiger partial charge in [0.1, 0.15) is 11.8 Å². The molecule has 5 heteroatoms. The van der Waals surface area contributed by atoms with Crippen molar-refractivity contribution in [2.45, 2.75) is 45.7 Å². The van der Waals surface area contributed by atoms with Crippen molar-refractivity contribution in [1.82, 2.24) is 10.2 Å². The van der Waals surface area contributed by atoms with E-state index in [2.05, 4.69) is 5.32 Å². The Labute approximate surface area is 167 Å². The van der Waals surface area contributed by atoms with Gasteiger partial charge in [0.05, 0.1) is 7.11 Å². The minimum Gasteiger partial charge on any atom is -0.497 e. The minimum atomic E-state index is -0.541. The van der Waals surface area contributed by atoms with Crippen LogP contribution in [0.3, 0.4) is 0 Å². The number of aryl methyl sites for hydroxylation is 1. The lowest BCUT2D eigenvalue weighted by atomic mass is 10.1. The van der Waals surface area contributed by atoms with Gasteiger partial charge in [0, 0.05) is 19.5 Å². The van der Waals surface area contributed by atoms with Crippen molar-refractivity contribution in [1.29, 1.82) is 0 Å². The van der Waals surface area contributed by atoms with Crippen LogP contribution in [0.15, 0.2) is 54.6 Å². The van der Waals surface area contributed by atoms with Crippen LogP contribution in [0.25, 0.3) is 0 Å². The summed E-state index contributed by atoms with van der Waals surface area (Å²) in [5, 5.41) is 2.89. The molecule has 28 heavy (non-hydrogen) atoms. The van der Waals surface area contributed by atoms with E-state index in [0.717, 1.165) is 23.3 Å². The van der Waals surface area contributed by atoms with Gasteiger partial charge in [0.2, 0.25) is 11.8 Å². The highest BCUT2D eigenvalue weighted by atomic mass is 16.5. The van der Waals surface area contributed by atoms with E-state index >= 15 is 0 Å². The van der Waals surface area contributed by atoms with Crippen molar-refractivity contribution < 1.29 is 14.3 Å². The Morgan fingerprint density at radius 2 is 1.79 bits per heavy atom. The van der Waals surface area contributed by atoms with Crippen molar-refractivity contribution in [3.63, 3.8) is 0 Å². The van der Waals surface area contributed by atoms with Crippen LogP contribution >= 0.6 is 0 Å². The van der Waals surface area contributed by atoms with Crippen LogP contribution in [0, 0.1) is 0 Å². The Hall–Kier alpha value is -2.82. The van der Waals surface area contributed by atoms with Gasteiger partial charge in [-0.2, -0.15) is 0 Å². The molecule has 1 unspecified atom stereocenters. The first-order valence-corrected chi connectivity index (χ1v) is 9.79. The monoisotopic (exact) mass is 382 g/mol. The van der Waals surface area contributed by atoms with E-state index < -0.39 is 6.04 Å². The van der Waals surface area contributed by atoms with Gasteiger partial charge in [0.15, 0.2) is 0 Å². The standard InChI is InChI=1S/C23H30N2O3/c1-4-15-24-23(27)18(2)25(17-20-11-8-12-21(16-20)28-3)22(26)14-13-19-9-6-5-7-10-19/h5-12,16,18H,4,13-15,17H2,1-3H3,(H,24,27). The number of nitrogens with zero attached hydrogens (tertiary/aromatic N) is 1. The van der Waals surface area contributed by atoms with Crippen LogP contribution in [0.5, 0.6) is 5.75 Å². The summed E-state index contributed by atoms with van der Waals surface area (Å²) in [4.78, 5) is 27.2. The first kappa shape index (κ1) is 21.5. The minimum absolute atomic E-state index is 0.0363. The smallest absolute Gasteiger partial charge is 0.242 e. The zero-order chi connectivity index (χ0) is 20.4. The summed E-state index contributed by atoms with van der Waals surface area (Å²) in [6.07, 6.45) is 1.87. The maximum atomic E-state index is 13.0. The average molecular weight is 383 g/mol. The summed E-state index contributed by atoms with van der Waals surface area (Å²) < 4.78 is 5.28. The molecular formula is C23H30N2O3. The molecule has 0 radical (unpaired) electrons. The highest BCUT2D eigenvalue weighted by molar-refractivity contribution is 5.87. The second kappa shape index (κ2) is 11.1. The third kappa shape index (κ3) is 6.41. The molecule has 1 atom stereocenters. The van der Waals surface area contributed by atoms with Gasteiger partial charge in [-0.15, -0.1) is 0 Å². The van der Waals surface area contributed by atoms with E-state index in [1.165, 1.54) is 0 Å². The molecule has 0 spiro atoms. The maximum Gasteiger partial charge on any atom is 0.242 e. The Morgan fingerprint density at radius 1 is 1.07 bits per heavy atom. The van der Waals surface area contributed by atoms with E-state index in [4.69, 9.17) is 4.74 Å². The summed E-state index contributed by atoms with van der Waals surface area (Å²) >= 11 is 0. The topological polar surface area (TPSA) is 58.6 Å². The lowest BCUT2D eigenvalue weighted by molar-refractivity contribution is -0.140. The summed E-state index contributed by atoms with van der Waals surface area (Å²) in [5.41, 5.74) is 2.04. The van der Waals surface area contributed by atoms with E-state index in [9.17, 15) is 9.59 Å². The molecule has 0 aliphatic rings. The number of benzene rings is 2. The second-order valence-corrected chi connectivity index (χ2v) is 6.83. The lowest BCUT2D eigenvalue weighted by Gasteiger charge is -2.29. The van der Waals surface area contributed by atoms with Crippen molar-refractivity contribution >= 4 is 11.8 Å². The summed E-state index contributed by atoms with van der Waals surface area (Å²) in [7, 11) is 1.61. The number of hydrogen-bond acceptors (Lipinski definition) is 3. The van der Waals surface area contributed by atoms with Crippen molar-refractivity contribution in [2.75, 3.05) is 13.7 Å². The predicted molar refractivity (Wildman–Crippen MR) is 111 cm³/mol. The van der Waals surface area contributed by atoms with Gasteiger partial charge in [0.25, 0.3) is 0 Å². The average Bonchev–Trinajstić information content (AvgIpc) is 2.74. The molecule has 0 bridgehead atoms. The molecule has 1 N–H and O–H groups in total. The molecular weight excluding hydrogens is 352 g/mol. The highest BCUT2D eigenvalue weighted by Gasteiger charge is 2.25. The Balaban J connectivity index is 2.13. The fourth-order valence-electron chi connectivity index (χ4n) is 2.99. The van der Waals surface area contributed by atoms with Gasteiger partial charge in [-0.1, -0.05) is 49.4 Å². The van der Waals surface area contributed by atoms with Crippen molar-refractivity contribution in [3.05, 3.63) is 65.7 Å². The molecule has 2 aromatic rings. The van der Waals surface area contributed by atoms with Crippen LogP contribution < -0.4 is 10.1 Å². The van der Waals surface area contributed by atoms with Crippen molar-refractivity contribution in [3.8, 4) is 5.75 Å². The first-order chi connectivity index (χ1) is 13.5. The normalized spacial score (nSPS) is 11.5. The third-order valence-electron chi connectivity index (χ3n) is 4.67. The molecule has 0 aromatic heterocycles. The molecule has 0 heterocycles. The summed E-state index contributed by atoms with van der Waals surface area (Å²) in [6.45, 7) is 4.76. The molecule has 0 aliphatic heterocycles. The van der Waals surface area contributed by atoms with E-state index in [1.807, 2.05) is 61.5 Å². The van der Waals surface area contributed by atoms with Gasteiger partial charge >= 0.3 is 0 Å². The molecule has 2 aromatic carbocycles. The summed E-state index contributed by atoms with van der Waals surface area (Å²) in [5.74, 6) is 0.570. The quantitative estimate of drug-likeness (QED) is 0.683. The fraction of sp³-hybridized carbons (Fsp3) is 0.391. The summed E-state index contributed by atoms with van der Waals surface area (Å²) in [6, 6.07) is 17.0. The van der Waals surface area contributed by atoms with Crippen LogP contribution in [0.1, 0.15) is 37.8 Å². The molecule has 2 amide bonds. The van der Waals surface area contributed by atoms with Gasteiger partial charge in [-0.05, 0) is 43.0 Å². The molecule has 0 aliphatic carbocycles.